The molecule has 0 unspecified atom stereocenters. The van der Waals surface area contributed by atoms with Gasteiger partial charge in [0.05, 0.1) is 6.07 Å². The monoisotopic (exact) mass is 288 g/mol. The first kappa shape index (κ1) is 14.6. The number of likely N-dealkylation sites (tertiary alicyclic amines) is 1. The molecule has 0 N–H and O–H groups in total. The predicted molar refractivity (Wildman–Crippen MR) is 78.0 cm³/mol. The number of hydrogen-bond donors (Lipinski definition) is 0. The number of rotatable bonds is 1. The Labute approximate surface area is 126 Å². The van der Waals surface area contributed by atoms with Crippen LogP contribution in [-0.2, 0) is 9.59 Å². The minimum absolute atomic E-state index is 0.0865. The molecule has 3 fully saturated rings. The van der Waals surface area contributed by atoms with E-state index in [1.165, 1.54) is 11.3 Å². The quantitative estimate of drug-likeness (QED) is 0.695. The highest BCUT2D eigenvalue weighted by Crippen LogP contribution is 2.47. The van der Waals surface area contributed by atoms with E-state index in [1.807, 2.05) is 0 Å². The van der Waals surface area contributed by atoms with E-state index in [0.717, 1.165) is 44.9 Å². The van der Waals surface area contributed by atoms with Crippen molar-refractivity contribution in [1.82, 2.24) is 4.90 Å². The van der Waals surface area contributed by atoms with Gasteiger partial charge in [-0.3, -0.25) is 14.5 Å². The van der Waals surface area contributed by atoms with Crippen LogP contribution in [0, 0.1) is 16.7 Å². The summed E-state index contributed by atoms with van der Waals surface area (Å²) >= 11 is 0. The lowest BCUT2D eigenvalue weighted by Gasteiger charge is -2.48. The fourth-order valence-electron chi connectivity index (χ4n) is 4.66. The fourth-order valence-corrected chi connectivity index (χ4v) is 4.66. The normalized spacial score (nSPS) is 28.4. The summed E-state index contributed by atoms with van der Waals surface area (Å²) in [4.78, 5) is 26.8. The SMILES string of the molecule is N#CC1(N2C(=O)CC3(CCCCC3)CC2=O)CCCCC1. The van der Waals surface area contributed by atoms with Crippen LogP contribution in [0.15, 0.2) is 0 Å². The van der Waals surface area contributed by atoms with Crippen LogP contribution in [-0.4, -0.2) is 22.3 Å². The van der Waals surface area contributed by atoms with Crippen LogP contribution in [0.25, 0.3) is 0 Å². The van der Waals surface area contributed by atoms with Crippen molar-refractivity contribution in [2.45, 2.75) is 82.6 Å². The van der Waals surface area contributed by atoms with E-state index in [2.05, 4.69) is 6.07 Å². The summed E-state index contributed by atoms with van der Waals surface area (Å²) < 4.78 is 0. The van der Waals surface area contributed by atoms with E-state index in [1.54, 1.807) is 0 Å². The molecule has 1 spiro atoms. The van der Waals surface area contributed by atoms with Crippen LogP contribution < -0.4 is 0 Å². The molecule has 4 nitrogen and oxygen atoms in total. The lowest BCUT2D eigenvalue weighted by Crippen LogP contribution is -2.59. The average molecular weight is 288 g/mol. The van der Waals surface area contributed by atoms with Gasteiger partial charge in [0.2, 0.25) is 11.8 Å². The van der Waals surface area contributed by atoms with E-state index in [9.17, 15) is 14.9 Å². The molecule has 1 saturated heterocycles. The largest absolute Gasteiger partial charge is 0.274 e. The Kier molecular flexibility index (Phi) is 3.77. The highest BCUT2D eigenvalue weighted by Gasteiger charge is 2.51. The molecule has 0 atom stereocenters. The molecule has 1 aliphatic heterocycles. The first-order chi connectivity index (χ1) is 10.1. The van der Waals surface area contributed by atoms with Gasteiger partial charge in [-0.25, -0.2) is 0 Å². The number of amides is 2. The minimum atomic E-state index is -0.845. The maximum atomic E-state index is 12.7. The Morgan fingerprint density at radius 3 is 1.76 bits per heavy atom. The smallest absolute Gasteiger partial charge is 0.231 e. The molecule has 21 heavy (non-hydrogen) atoms. The van der Waals surface area contributed by atoms with E-state index in [4.69, 9.17) is 0 Å². The second-order valence-corrected chi connectivity index (χ2v) is 7.24. The van der Waals surface area contributed by atoms with Crippen LogP contribution in [0.2, 0.25) is 0 Å². The van der Waals surface area contributed by atoms with Crippen LogP contribution in [0.5, 0.6) is 0 Å². The van der Waals surface area contributed by atoms with E-state index >= 15 is 0 Å². The molecule has 2 amide bonds. The summed E-state index contributed by atoms with van der Waals surface area (Å²) in [5, 5.41) is 9.64. The van der Waals surface area contributed by atoms with Crippen molar-refractivity contribution < 1.29 is 9.59 Å². The van der Waals surface area contributed by atoms with Gasteiger partial charge in [-0.2, -0.15) is 5.26 Å². The second-order valence-electron chi connectivity index (χ2n) is 7.24. The molecule has 0 aromatic rings. The Morgan fingerprint density at radius 1 is 0.810 bits per heavy atom. The maximum absolute atomic E-state index is 12.7. The van der Waals surface area contributed by atoms with Crippen molar-refractivity contribution in [1.29, 1.82) is 5.26 Å². The van der Waals surface area contributed by atoms with Gasteiger partial charge in [0.15, 0.2) is 0 Å². The Bertz CT molecular complexity index is 460. The maximum Gasteiger partial charge on any atom is 0.231 e. The van der Waals surface area contributed by atoms with Gasteiger partial charge in [-0.05, 0) is 31.1 Å². The third-order valence-electron chi connectivity index (χ3n) is 5.78. The lowest BCUT2D eigenvalue weighted by molar-refractivity contribution is -0.161. The van der Waals surface area contributed by atoms with Crippen molar-refractivity contribution in [3.05, 3.63) is 0 Å². The number of nitrogens with zero attached hydrogens (tertiary/aromatic N) is 2. The first-order valence-electron chi connectivity index (χ1n) is 8.38. The van der Waals surface area contributed by atoms with Gasteiger partial charge in [-0.15, -0.1) is 0 Å². The topological polar surface area (TPSA) is 61.2 Å². The molecule has 1 heterocycles. The fraction of sp³-hybridized carbons (Fsp3) is 0.824. The number of piperidine rings is 1. The highest BCUT2D eigenvalue weighted by atomic mass is 16.2. The van der Waals surface area contributed by atoms with Gasteiger partial charge >= 0.3 is 0 Å². The molecule has 3 aliphatic rings. The van der Waals surface area contributed by atoms with Crippen molar-refractivity contribution >= 4 is 11.8 Å². The Hall–Kier alpha value is -1.37. The van der Waals surface area contributed by atoms with Gasteiger partial charge in [0, 0.05) is 12.8 Å². The summed E-state index contributed by atoms with van der Waals surface area (Å²) in [6.07, 6.45) is 10.7. The lowest BCUT2D eigenvalue weighted by atomic mass is 9.66. The van der Waals surface area contributed by atoms with E-state index < -0.39 is 5.54 Å². The summed E-state index contributed by atoms with van der Waals surface area (Å²) in [5.41, 5.74) is -0.934. The van der Waals surface area contributed by atoms with Crippen molar-refractivity contribution in [3.8, 4) is 6.07 Å². The summed E-state index contributed by atoms with van der Waals surface area (Å²) in [6.45, 7) is 0. The van der Waals surface area contributed by atoms with Gasteiger partial charge < -0.3 is 0 Å². The zero-order chi connectivity index (χ0) is 14.9. The predicted octanol–water partition coefficient (Wildman–Crippen LogP) is 3.31. The van der Waals surface area contributed by atoms with E-state index in [0.29, 0.717) is 25.7 Å². The minimum Gasteiger partial charge on any atom is -0.274 e. The zero-order valence-electron chi connectivity index (χ0n) is 12.7. The summed E-state index contributed by atoms with van der Waals surface area (Å²) in [6, 6.07) is 2.32. The Morgan fingerprint density at radius 2 is 1.29 bits per heavy atom. The van der Waals surface area contributed by atoms with Crippen molar-refractivity contribution in [2.75, 3.05) is 0 Å². The summed E-state index contributed by atoms with van der Waals surface area (Å²) in [5.74, 6) is -0.173. The molecule has 114 valence electrons. The number of hydrogen-bond acceptors (Lipinski definition) is 3. The third-order valence-corrected chi connectivity index (χ3v) is 5.78. The first-order valence-corrected chi connectivity index (χ1v) is 8.38. The van der Waals surface area contributed by atoms with Gasteiger partial charge in [0.25, 0.3) is 0 Å². The third kappa shape index (κ3) is 2.47. The van der Waals surface area contributed by atoms with Crippen LogP contribution in [0.3, 0.4) is 0 Å². The number of carbonyl (C=O) groups is 2. The molecule has 0 aromatic carbocycles. The zero-order valence-corrected chi connectivity index (χ0v) is 12.7. The molecule has 4 heteroatoms. The average Bonchev–Trinajstić information content (AvgIpc) is 2.48. The number of carbonyl (C=O) groups excluding carboxylic acids is 2. The molecular formula is C17H24N2O2. The van der Waals surface area contributed by atoms with Crippen molar-refractivity contribution in [3.63, 3.8) is 0 Å². The molecule has 0 aromatic heterocycles. The van der Waals surface area contributed by atoms with Gasteiger partial charge in [0.1, 0.15) is 5.54 Å². The van der Waals surface area contributed by atoms with Gasteiger partial charge in [-0.1, -0.05) is 38.5 Å². The molecule has 2 saturated carbocycles. The molecule has 3 rings (SSSR count). The number of imide groups is 1. The number of nitriles is 1. The molecule has 0 bridgehead atoms. The van der Waals surface area contributed by atoms with Crippen LogP contribution in [0.1, 0.15) is 77.0 Å². The molecule has 0 radical (unpaired) electrons. The standard InChI is InChI=1S/C17H24N2O2/c18-13-17(9-5-2-6-10-17)19-14(20)11-16(12-15(19)21)7-3-1-4-8-16/h1-12H2. The van der Waals surface area contributed by atoms with E-state index in [-0.39, 0.29) is 17.2 Å². The van der Waals surface area contributed by atoms with Crippen LogP contribution >= 0.6 is 0 Å². The van der Waals surface area contributed by atoms with Crippen LogP contribution in [0.4, 0.5) is 0 Å². The molecular weight excluding hydrogens is 264 g/mol. The second kappa shape index (κ2) is 5.44. The highest BCUT2D eigenvalue weighted by molar-refractivity contribution is 6.00. The molecule has 2 aliphatic carbocycles. The Balaban J connectivity index is 1.83. The summed E-state index contributed by atoms with van der Waals surface area (Å²) in [7, 11) is 0. The van der Waals surface area contributed by atoms with Crippen molar-refractivity contribution in [2.24, 2.45) is 5.41 Å².